The van der Waals surface area contributed by atoms with Crippen LogP contribution in [0.5, 0.6) is 0 Å². The number of imide groups is 1. The number of carbonyl (C=O) groups is 2. The van der Waals surface area contributed by atoms with Crippen molar-refractivity contribution in [1.29, 1.82) is 0 Å². The first-order valence-corrected chi connectivity index (χ1v) is 9.76. The van der Waals surface area contributed by atoms with Gasteiger partial charge in [-0.25, -0.2) is 9.29 Å². The average Bonchev–Trinajstić information content (AvgIpc) is 2.99. The van der Waals surface area contributed by atoms with Gasteiger partial charge in [-0.05, 0) is 30.3 Å². The van der Waals surface area contributed by atoms with Crippen molar-refractivity contribution in [3.8, 4) is 0 Å². The molecule has 2 aliphatic rings. The summed E-state index contributed by atoms with van der Waals surface area (Å²) in [6.07, 6.45) is 0.124. The van der Waals surface area contributed by atoms with E-state index in [1.165, 1.54) is 17.0 Å². The number of para-hydroxylation sites is 1. The van der Waals surface area contributed by atoms with Gasteiger partial charge in [-0.3, -0.25) is 14.5 Å². The molecule has 28 heavy (non-hydrogen) atoms. The maximum absolute atomic E-state index is 14.0. The Morgan fingerprint density at radius 1 is 0.929 bits per heavy atom. The number of piperazine rings is 1. The fourth-order valence-corrected chi connectivity index (χ4v) is 4.07. The van der Waals surface area contributed by atoms with Crippen LogP contribution in [-0.2, 0) is 9.59 Å². The van der Waals surface area contributed by atoms with Crippen molar-refractivity contribution >= 4 is 46.4 Å². The van der Waals surface area contributed by atoms with Crippen LogP contribution < -0.4 is 9.80 Å². The standard InChI is InChI=1S/C20H18Cl2FN3O2/c21-14-6-5-13(11-15(14)22)26-19(27)12-18(20(26)28)25-9-7-24(8-10-25)17-4-2-1-3-16(17)23/h1-6,11,18H,7-10,12H2/t18-/m1/s1. The van der Waals surface area contributed by atoms with Crippen molar-refractivity contribution in [2.24, 2.45) is 0 Å². The maximum Gasteiger partial charge on any atom is 0.251 e. The minimum atomic E-state index is -0.510. The fourth-order valence-electron chi connectivity index (χ4n) is 3.78. The normalized spacial score (nSPS) is 20.9. The molecule has 2 fully saturated rings. The van der Waals surface area contributed by atoms with E-state index in [1.807, 2.05) is 9.80 Å². The molecule has 0 aliphatic carbocycles. The van der Waals surface area contributed by atoms with E-state index in [-0.39, 0.29) is 24.1 Å². The number of rotatable bonds is 3. The van der Waals surface area contributed by atoms with Crippen LogP contribution in [0.1, 0.15) is 6.42 Å². The van der Waals surface area contributed by atoms with E-state index in [0.29, 0.717) is 47.6 Å². The van der Waals surface area contributed by atoms with Crippen LogP contribution in [0.4, 0.5) is 15.8 Å². The summed E-state index contributed by atoms with van der Waals surface area (Å²) in [6.45, 7) is 2.33. The first-order chi connectivity index (χ1) is 13.5. The van der Waals surface area contributed by atoms with Gasteiger partial charge >= 0.3 is 0 Å². The van der Waals surface area contributed by atoms with Crippen LogP contribution in [0.25, 0.3) is 0 Å². The summed E-state index contributed by atoms with van der Waals surface area (Å²) in [4.78, 5) is 30.6. The smallest absolute Gasteiger partial charge is 0.251 e. The molecular formula is C20H18Cl2FN3O2. The molecule has 146 valence electrons. The van der Waals surface area contributed by atoms with Crippen LogP contribution >= 0.6 is 23.2 Å². The van der Waals surface area contributed by atoms with Gasteiger partial charge in [-0.1, -0.05) is 35.3 Å². The summed E-state index contributed by atoms with van der Waals surface area (Å²) in [5.41, 5.74) is 0.991. The number of nitrogens with zero attached hydrogens (tertiary/aromatic N) is 3. The van der Waals surface area contributed by atoms with E-state index < -0.39 is 6.04 Å². The van der Waals surface area contributed by atoms with Gasteiger partial charge in [0.15, 0.2) is 0 Å². The monoisotopic (exact) mass is 421 g/mol. The van der Waals surface area contributed by atoms with Crippen LogP contribution in [0.15, 0.2) is 42.5 Å². The molecule has 0 spiro atoms. The number of hydrogen-bond donors (Lipinski definition) is 0. The summed E-state index contributed by atoms with van der Waals surface area (Å²) in [7, 11) is 0. The Balaban J connectivity index is 1.46. The Labute approximate surface area is 172 Å². The summed E-state index contributed by atoms with van der Waals surface area (Å²) < 4.78 is 14.0. The maximum atomic E-state index is 14.0. The third kappa shape index (κ3) is 3.48. The topological polar surface area (TPSA) is 43.9 Å². The Bertz CT molecular complexity index is 931. The van der Waals surface area contributed by atoms with Crippen molar-refractivity contribution in [2.75, 3.05) is 36.0 Å². The molecule has 0 aromatic heterocycles. The number of hydrogen-bond acceptors (Lipinski definition) is 4. The van der Waals surface area contributed by atoms with Crippen molar-refractivity contribution < 1.29 is 14.0 Å². The van der Waals surface area contributed by atoms with E-state index in [0.717, 1.165) is 0 Å². The van der Waals surface area contributed by atoms with Crippen LogP contribution in [0.3, 0.4) is 0 Å². The van der Waals surface area contributed by atoms with Gasteiger partial charge in [0, 0.05) is 26.2 Å². The van der Waals surface area contributed by atoms with Gasteiger partial charge in [-0.2, -0.15) is 0 Å². The molecule has 0 N–H and O–H groups in total. The molecule has 2 aromatic rings. The van der Waals surface area contributed by atoms with Crippen molar-refractivity contribution in [1.82, 2.24) is 4.90 Å². The van der Waals surface area contributed by atoms with Crippen molar-refractivity contribution in [3.05, 3.63) is 58.3 Å². The zero-order valence-electron chi connectivity index (χ0n) is 14.9. The summed E-state index contributed by atoms with van der Waals surface area (Å²) in [5.74, 6) is -0.776. The highest BCUT2D eigenvalue weighted by atomic mass is 35.5. The van der Waals surface area contributed by atoms with Gasteiger partial charge < -0.3 is 4.90 Å². The Morgan fingerprint density at radius 3 is 2.32 bits per heavy atom. The highest BCUT2D eigenvalue weighted by Gasteiger charge is 2.43. The zero-order chi connectivity index (χ0) is 19.8. The van der Waals surface area contributed by atoms with Gasteiger partial charge in [0.05, 0.1) is 33.9 Å². The van der Waals surface area contributed by atoms with Crippen molar-refractivity contribution in [2.45, 2.75) is 12.5 Å². The number of amides is 2. The highest BCUT2D eigenvalue weighted by molar-refractivity contribution is 6.42. The molecule has 0 bridgehead atoms. The zero-order valence-corrected chi connectivity index (χ0v) is 16.5. The number of carbonyl (C=O) groups excluding carboxylic acids is 2. The number of benzene rings is 2. The lowest BCUT2D eigenvalue weighted by atomic mass is 10.1. The molecule has 2 aromatic carbocycles. The van der Waals surface area contributed by atoms with Crippen LogP contribution in [-0.4, -0.2) is 48.9 Å². The average molecular weight is 422 g/mol. The number of halogens is 3. The lowest BCUT2D eigenvalue weighted by molar-refractivity contribution is -0.123. The minimum Gasteiger partial charge on any atom is -0.367 e. The summed E-state index contributed by atoms with van der Waals surface area (Å²) >= 11 is 12.0. The van der Waals surface area contributed by atoms with E-state index >= 15 is 0 Å². The molecule has 2 aliphatic heterocycles. The SMILES string of the molecule is O=C1C[C@@H](N2CCN(c3ccccc3F)CC2)C(=O)N1c1ccc(Cl)c(Cl)c1. The second kappa shape index (κ2) is 7.70. The lowest BCUT2D eigenvalue weighted by Crippen LogP contribution is -2.52. The quantitative estimate of drug-likeness (QED) is 0.710. The number of anilines is 2. The van der Waals surface area contributed by atoms with Gasteiger partial charge in [0.25, 0.3) is 5.91 Å². The van der Waals surface area contributed by atoms with Gasteiger partial charge in [-0.15, -0.1) is 0 Å². The largest absolute Gasteiger partial charge is 0.367 e. The molecule has 0 saturated carbocycles. The molecule has 0 radical (unpaired) electrons. The Morgan fingerprint density at radius 2 is 1.64 bits per heavy atom. The first-order valence-electron chi connectivity index (χ1n) is 9.01. The summed E-state index contributed by atoms with van der Waals surface area (Å²) in [5, 5.41) is 0.659. The molecule has 2 amide bonds. The molecule has 8 heteroatoms. The first kappa shape index (κ1) is 19.2. The lowest BCUT2D eigenvalue weighted by Gasteiger charge is -2.38. The predicted molar refractivity (Wildman–Crippen MR) is 108 cm³/mol. The minimum absolute atomic E-state index is 0.124. The molecule has 2 heterocycles. The molecule has 4 rings (SSSR count). The van der Waals surface area contributed by atoms with E-state index in [9.17, 15) is 14.0 Å². The third-order valence-corrected chi connectivity index (χ3v) is 5.97. The van der Waals surface area contributed by atoms with Crippen LogP contribution in [0.2, 0.25) is 10.0 Å². The van der Waals surface area contributed by atoms with Crippen LogP contribution in [0, 0.1) is 5.82 Å². The van der Waals surface area contributed by atoms with Gasteiger partial charge in [0.1, 0.15) is 5.82 Å². The summed E-state index contributed by atoms with van der Waals surface area (Å²) in [6, 6.07) is 10.9. The fraction of sp³-hybridized carbons (Fsp3) is 0.300. The highest BCUT2D eigenvalue weighted by Crippen LogP contribution is 2.32. The Hall–Kier alpha value is -2.15. The van der Waals surface area contributed by atoms with Crippen molar-refractivity contribution in [3.63, 3.8) is 0 Å². The predicted octanol–water partition coefficient (Wildman–Crippen LogP) is 3.59. The third-order valence-electron chi connectivity index (χ3n) is 5.23. The Kier molecular flexibility index (Phi) is 5.27. The molecule has 2 saturated heterocycles. The molecule has 1 atom stereocenters. The molecule has 0 unspecified atom stereocenters. The van der Waals surface area contributed by atoms with E-state index in [2.05, 4.69) is 0 Å². The van der Waals surface area contributed by atoms with E-state index in [4.69, 9.17) is 23.2 Å². The second-order valence-electron chi connectivity index (χ2n) is 6.86. The second-order valence-corrected chi connectivity index (χ2v) is 7.67. The van der Waals surface area contributed by atoms with E-state index in [1.54, 1.807) is 30.3 Å². The molecule has 5 nitrogen and oxygen atoms in total. The van der Waals surface area contributed by atoms with Gasteiger partial charge in [0.2, 0.25) is 5.91 Å². The molecular weight excluding hydrogens is 404 g/mol.